The van der Waals surface area contributed by atoms with Crippen LogP contribution in [0.1, 0.15) is 232 Å². The van der Waals surface area contributed by atoms with E-state index in [0.29, 0.717) is 12.8 Å². The minimum absolute atomic E-state index is 0.255. The fourth-order valence-electron chi connectivity index (χ4n) is 9.96. The lowest BCUT2D eigenvalue weighted by Crippen LogP contribution is -2.65. The number of ether oxygens (including phenoxy) is 4. The molecule has 2 heterocycles. The molecular formula is C66H115NO13. The summed E-state index contributed by atoms with van der Waals surface area (Å²) < 4.78 is 22.8. The van der Waals surface area contributed by atoms with Gasteiger partial charge in [-0.2, -0.15) is 0 Å². The SMILES string of the molecule is CC/C=C\C/C=C\C/C=C\C/C=C\CCCCCCCCCCCCCCCCCCCCC(=O)NC(COC1OC(CO)C(OC2OC(CO)C(O)C(O)C2O)C(O)C1O)C(O)/C=C/CC/C=C/CC/C=C/CCCCCCC. The normalized spacial score (nSPS) is 24.8. The van der Waals surface area contributed by atoms with Crippen LogP contribution in [0.25, 0.3) is 0 Å². The average molecular weight is 1130 g/mol. The van der Waals surface area contributed by atoms with Crippen LogP contribution in [0.3, 0.4) is 0 Å². The number of aliphatic hydroxyl groups is 8. The summed E-state index contributed by atoms with van der Waals surface area (Å²) in [4.78, 5) is 13.3. The van der Waals surface area contributed by atoms with Crippen LogP contribution in [0.4, 0.5) is 0 Å². The molecule has 0 spiro atoms. The number of carbonyl (C=O) groups is 1. The topological polar surface area (TPSA) is 228 Å². The molecule has 80 heavy (non-hydrogen) atoms. The molecule has 0 aliphatic carbocycles. The number of allylic oxidation sites excluding steroid dienone is 13. The van der Waals surface area contributed by atoms with Gasteiger partial charge in [-0.15, -0.1) is 0 Å². The van der Waals surface area contributed by atoms with Gasteiger partial charge in [0.2, 0.25) is 5.91 Å². The Balaban J connectivity index is 1.68. The zero-order chi connectivity index (χ0) is 58.1. The summed E-state index contributed by atoms with van der Waals surface area (Å²) in [5, 5.41) is 87.1. The first-order valence-electron chi connectivity index (χ1n) is 31.8. The number of unbranched alkanes of at least 4 members (excludes halogenated alkanes) is 25. The maximum Gasteiger partial charge on any atom is 0.220 e. The average Bonchev–Trinajstić information content (AvgIpc) is 3.46. The highest BCUT2D eigenvalue weighted by atomic mass is 16.7. The van der Waals surface area contributed by atoms with Gasteiger partial charge in [0.15, 0.2) is 12.6 Å². The Morgan fingerprint density at radius 1 is 0.463 bits per heavy atom. The number of carbonyl (C=O) groups excluding carboxylic acids is 1. The smallest absolute Gasteiger partial charge is 0.220 e. The fraction of sp³-hybridized carbons (Fsp3) is 0.773. The summed E-state index contributed by atoms with van der Waals surface area (Å²) in [6, 6.07) is -0.940. The summed E-state index contributed by atoms with van der Waals surface area (Å²) in [6.07, 6.45) is 52.1. The van der Waals surface area contributed by atoms with Crippen molar-refractivity contribution in [3.05, 3.63) is 85.1 Å². The monoisotopic (exact) mass is 1130 g/mol. The van der Waals surface area contributed by atoms with Crippen LogP contribution in [0.5, 0.6) is 0 Å². The van der Waals surface area contributed by atoms with Gasteiger partial charge in [0.25, 0.3) is 0 Å². The summed E-state index contributed by atoms with van der Waals surface area (Å²) in [6.45, 7) is 2.64. The quantitative estimate of drug-likeness (QED) is 0.0204. The Bertz CT molecular complexity index is 1660. The van der Waals surface area contributed by atoms with Gasteiger partial charge in [-0.05, 0) is 83.5 Å². The van der Waals surface area contributed by atoms with E-state index >= 15 is 0 Å². The second kappa shape index (κ2) is 50.7. The van der Waals surface area contributed by atoms with Crippen molar-refractivity contribution in [3.63, 3.8) is 0 Å². The number of aliphatic hydroxyl groups excluding tert-OH is 8. The molecule has 14 heteroatoms. The molecule has 0 aromatic rings. The highest BCUT2D eigenvalue weighted by molar-refractivity contribution is 5.76. The van der Waals surface area contributed by atoms with Gasteiger partial charge in [0.05, 0.1) is 32.0 Å². The standard InChI is InChI=1S/C66H115NO13/c1-3-5-7-9-11-13-15-17-19-20-21-22-23-24-25-26-27-28-29-30-31-32-33-34-36-38-40-42-44-46-48-50-58(71)67-54(55(70)49-47-45-43-41-39-37-35-18-16-14-12-10-8-6-4-2)53-77-65-63(76)61(74)64(57(52-69)79-65)80-66-62(75)60(73)59(72)56(51-68)78-66/h5,7,11,13,16-19,21-22,39,41,47,49,54-57,59-66,68-70,72-76H,3-4,6,8-10,12,14-15,20,23-38,40,42-46,48,50-53H2,1-2H3,(H,67,71)/b7-5-,13-11-,18-16+,19-17-,22-21-,41-39+,49-47+. The largest absolute Gasteiger partial charge is 0.394 e. The Labute approximate surface area is 484 Å². The van der Waals surface area contributed by atoms with Crippen molar-refractivity contribution in [1.82, 2.24) is 5.32 Å². The van der Waals surface area contributed by atoms with Gasteiger partial charge in [-0.3, -0.25) is 4.79 Å². The summed E-state index contributed by atoms with van der Waals surface area (Å²) in [5.74, 6) is -0.255. The van der Waals surface area contributed by atoms with Crippen molar-refractivity contribution >= 4 is 5.91 Å². The molecule has 2 fully saturated rings. The number of amides is 1. The molecule has 1 amide bonds. The van der Waals surface area contributed by atoms with Crippen molar-refractivity contribution in [2.45, 2.75) is 306 Å². The molecule has 2 rings (SSSR count). The summed E-state index contributed by atoms with van der Waals surface area (Å²) in [5.41, 5.74) is 0. The molecule has 9 N–H and O–H groups in total. The van der Waals surface area contributed by atoms with Crippen LogP contribution in [0, 0.1) is 0 Å². The molecule has 14 nitrogen and oxygen atoms in total. The third-order valence-corrected chi connectivity index (χ3v) is 15.0. The predicted octanol–water partition coefficient (Wildman–Crippen LogP) is 11.7. The van der Waals surface area contributed by atoms with Crippen LogP contribution in [-0.2, 0) is 23.7 Å². The van der Waals surface area contributed by atoms with E-state index in [1.165, 1.54) is 128 Å². The second-order valence-electron chi connectivity index (χ2n) is 22.1. The molecule has 12 unspecified atom stereocenters. The minimum atomic E-state index is -1.79. The minimum Gasteiger partial charge on any atom is -0.394 e. The zero-order valence-corrected chi connectivity index (χ0v) is 49.8. The van der Waals surface area contributed by atoms with Crippen molar-refractivity contribution in [1.29, 1.82) is 0 Å². The van der Waals surface area contributed by atoms with Gasteiger partial charge >= 0.3 is 0 Å². The Hall–Kier alpha value is -2.83. The van der Waals surface area contributed by atoms with Gasteiger partial charge in [-0.1, -0.05) is 227 Å². The zero-order valence-electron chi connectivity index (χ0n) is 49.8. The van der Waals surface area contributed by atoms with Crippen molar-refractivity contribution in [2.75, 3.05) is 19.8 Å². The summed E-state index contributed by atoms with van der Waals surface area (Å²) in [7, 11) is 0. The maximum absolute atomic E-state index is 13.3. The molecule has 0 saturated carbocycles. The van der Waals surface area contributed by atoms with Gasteiger partial charge in [0, 0.05) is 6.42 Å². The lowest BCUT2D eigenvalue weighted by atomic mass is 9.97. The van der Waals surface area contributed by atoms with Crippen molar-refractivity contribution < 1.29 is 64.6 Å². The van der Waals surface area contributed by atoms with E-state index in [0.717, 1.165) is 70.6 Å². The van der Waals surface area contributed by atoms with Crippen LogP contribution in [0.2, 0.25) is 0 Å². The predicted molar refractivity (Wildman–Crippen MR) is 323 cm³/mol. The van der Waals surface area contributed by atoms with E-state index < -0.39 is 86.8 Å². The fourth-order valence-corrected chi connectivity index (χ4v) is 9.96. The molecule has 462 valence electrons. The summed E-state index contributed by atoms with van der Waals surface area (Å²) >= 11 is 0. The molecular weight excluding hydrogens is 1010 g/mol. The van der Waals surface area contributed by atoms with Crippen LogP contribution in [-0.4, -0.2) is 140 Å². The molecule has 2 aliphatic rings. The number of nitrogens with one attached hydrogen (secondary N) is 1. The van der Waals surface area contributed by atoms with Crippen LogP contribution >= 0.6 is 0 Å². The second-order valence-corrected chi connectivity index (χ2v) is 22.1. The molecule has 0 radical (unpaired) electrons. The third-order valence-electron chi connectivity index (χ3n) is 15.0. The van der Waals surface area contributed by atoms with E-state index in [9.17, 15) is 45.6 Å². The van der Waals surface area contributed by atoms with Crippen LogP contribution in [0.15, 0.2) is 85.1 Å². The molecule has 0 aromatic heterocycles. The van der Waals surface area contributed by atoms with E-state index in [2.05, 4.69) is 92.1 Å². The maximum atomic E-state index is 13.3. The molecule has 0 aromatic carbocycles. The first-order valence-corrected chi connectivity index (χ1v) is 31.8. The van der Waals surface area contributed by atoms with Crippen LogP contribution < -0.4 is 5.32 Å². The molecule has 2 saturated heterocycles. The Morgan fingerprint density at radius 3 is 1.38 bits per heavy atom. The molecule has 12 atom stereocenters. The van der Waals surface area contributed by atoms with Crippen molar-refractivity contribution in [3.8, 4) is 0 Å². The lowest BCUT2D eigenvalue weighted by Gasteiger charge is -2.46. The number of hydrogen-bond acceptors (Lipinski definition) is 13. The van der Waals surface area contributed by atoms with Gasteiger partial charge in [-0.25, -0.2) is 0 Å². The number of hydrogen-bond donors (Lipinski definition) is 9. The van der Waals surface area contributed by atoms with Gasteiger partial charge in [0.1, 0.15) is 48.8 Å². The van der Waals surface area contributed by atoms with E-state index in [4.69, 9.17) is 18.9 Å². The van der Waals surface area contributed by atoms with Gasteiger partial charge < -0.3 is 65.1 Å². The number of rotatable bonds is 50. The molecule has 2 aliphatic heterocycles. The van der Waals surface area contributed by atoms with E-state index in [1.807, 2.05) is 6.08 Å². The van der Waals surface area contributed by atoms with E-state index in [-0.39, 0.29) is 18.9 Å². The first kappa shape index (κ1) is 73.3. The molecule has 0 bridgehead atoms. The Morgan fingerprint density at radius 2 is 0.875 bits per heavy atom. The highest BCUT2D eigenvalue weighted by Crippen LogP contribution is 2.30. The third kappa shape index (κ3) is 35.3. The Kier molecular flexibility index (Phi) is 46.4. The first-order chi connectivity index (χ1) is 39.1. The van der Waals surface area contributed by atoms with E-state index in [1.54, 1.807) is 6.08 Å². The lowest BCUT2D eigenvalue weighted by molar-refractivity contribution is -0.359. The highest BCUT2D eigenvalue weighted by Gasteiger charge is 2.51. The van der Waals surface area contributed by atoms with Crippen molar-refractivity contribution in [2.24, 2.45) is 0 Å².